The highest BCUT2D eigenvalue weighted by Gasteiger charge is 2.44. The molecule has 0 aliphatic carbocycles. The van der Waals surface area contributed by atoms with Crippen molar-refractivity contribution in [2.75, 3.05) is 31.9 Å². The van der Waals surface area contributed by atoms with Crippen molar-refractivity contribution in [3.63, 3.8) is 0 Å². The Labute approximate surface area is 366 Å². The fraction of sp³-hybridized carbons (Fsp3) is 0.457. The number of hydrogen-bond donors (Lipinski definition) is 5. The van der Waals surface area contributed by atoms with Gasteiger partial charge in [0, 0.05) is 55.4 Å². The summed E-state index contributed by atoms with van der Waals surface area (Å²) in [5, 5.41) is 39.8. The number of hydrogen-bond acceptors (Lipinski definition) is 12. The molecule has 2 fully saturated rings. The monoisotopic (exact) mass is 862 g/mol. The number of carbonyl (C=O) groups is 3. The topological polar surface area (TPSA) is 205 Å². The quantitative estimate of drug-likeness (QED) is 0.0842. The number of nitrogens with zero attached hydrogens (tertiary/aromatic N) is 7. The molecule has 0 unspecified atom stereocenters. The zero-order valence-corrected chi connectivity index (χ0v) is 36.8. The number of aliphatic hydroxyl groups excluding tert-OH is 1. The second kappa shape index (κ2) is 19.6. The van der Waals surface area contributed by atoms with Crippen LogP contribution in [0, 0.1) is 18.3 Å². The SMILES string of the molecule is Cc1ncsc1-c1ccc(CNC(=O)[C@@H]2C[C@@H](O)CN2C(=O)[C@@H](NC(=O)CCCCN2CCC(Cn3cc(-c4cc(-c5ccccc5O)nnc4N)cn3)CC2)C(C)(C)C)cc1. The molecule has 0 spiro atoms. The lowest BCUT2D eigenvalue weighted by Gasteiger charge is -2.35. The van der Waals surface area contributed by atoms with Gasteiger partial charge in [-0.05, 0) is 92.9 Å². The number of phenolic OH excluding ortho intramolecular Hbond substituents is 1. The van der Waals surface area contributed by atoms with E-state index in [9.17, 15) is 24.6 Å². The van der Waals surface area contributed by atoms with Gasteiger partial charge in [0.2, 0.25) is 17.7 Å². The number of aliphatic hydroxyl groups is 1. The van der Waals surface area contributed by atoms with Gasteiger partial charge in [-0.2, -0.15) is 5.10 Å². The van der Waals surface area contributed by atoms with Crippen molar-refractivity contribution in [2.24, 2.45) is 11.3 Å². The molecule has 16 heteroatoms. The maximum Gasteiger partial charge on any atom is 0.246 e. The molecule has 2 saturated heterocycles. The van der Waals surface area contributed by atoms with Crippen LogP contribution in [0.1, 0.15) is 70.6 Å². The molecular formula is C46H58N10O5S. The third kappa shape index (κ3) is 10.8. The normalized spacial score (nSPS) is 17.9. The highest BCUT2D eigenvalue weighted by atomic mass is 32.1. The van der Waals surface area contributed by atoms with E-state index in [0.29, 0.717) is 35.0 Å². The van der Waals surface area contributed by atoms with Crippen molar-refractivity contribution < 1.29 is 24.6 Å². The number of β-amino-alcohol motifs (C(OH)–C–C–N with tert-alkyl or cyclic N) is 1. The Balaban J connectivity index is 0.838. The highest BCUT2D eigenvalue weighted by molar-refractivity contribution is 7.13. The number of phenols is 1. The van der Waals surface area contributed by atoms with Crippen LogP contribution in [0.3, 0.4) is 0 Å². The minimum Gasteiger partial charge on any atom is -0.507 e. The smallest absolute Gasteiger partial charge is 0.246 e. The first-order valence-corrected chi connectivity index (χ1v) is 22.3. The number of nitrogens with two attached hydrogens (primary N) is 1. The number of aromatic nitrogens is 5. The molecule has 15 nitrogen and oxygen atoms in total. The van der Waals surface area contributed by atoms with Crippen LogP contribution in [0.2, 0.25) is 0 Å². The number of nitrogen functional groups attached to an aromatic ring is 1. The second-order valence-corrected chi connectivity index (χ2v) is 18.5. The maximum atomic E-state index is 14.1. The fourth-order valence-electron chi connectivity index (χ4n) is 8.35. The average molecular weight is 863 g/mol. The number of rotatable bonds is 15. The summed E-state index contributed by atoms with van der Waals surface area (Å²) in [7, 11) is 0. The van der Waals surface area contributed by atoms with E-state index in [1.165, 1.54) is 4.90 Å². The first-order valence-electron chi connectivity index (χ1n) is 21.4. The minimum atomic E-state index is -0.858. The molecule has 6 N–H and O–H groups in total. The van der Waals surface area contributed by atoms with Gasteiger partial charge in [-0.15, -0.1) is 21.5 Å². The van der Waals surface area contributed by atoms with E-state index >= 15 is 0 Å². The number of nitrogens with one attached hydrogen (secondary N) is 2. The molecule has 7 rings (SSSR count). The Hall–Kier alpha value is -5.71. The van der Waals surface area contributed by atoms with Crippen molar-refractivity contribution in [2.45, 2.75) is 97.5 Å². The van der Waals surface area contributed by atoms with E-state index in [1.54, 1.807) is 35.7 Å². The molecule has 5 heterocycles. The number of aromatic hydroxyl groups is 1. The van der Waals surface area contributed by atoms with Gasteiger partial charge in [0.05, 0.1) is 34.1 Å². The Morgan fingerprint density at radius 1 is 1.00 bits per heavy atom. The van der Waals surface area contributed by atoms with Gasteiger partial charge >= 0.3 is 0 Å². The molecule has 3 aromatic heterocycles. The van der Waals surface area contributed by atoms with Crippen molar-refractivity contribution in [3.05, 3.63) is 83.8 Å². The van der Waals surface area contributed by atoms with Crippen LogP contribution in [0.25, 0.3) is 32.8 Å². The predicted octanol–water partition coefficient (Wildman–Crippen LogP) is 5.42. The van der Waals surface area contributed by atoms with E-state index in [-0.39, 0.29) is 49.4 Å². The van der Waals surface area contributed by atoms with E-state index in [0.717, 1.165) is 72.7 Å². The summed E-state index contributed by atoms with van der Waals surface area (Å²) in [6.07, 6.45) is 6.96. The first-order chi connectivity index (χ1) is 29.7. The van der Waals surface area contributed by atoms with Gasteiger partial charge in [-0.1, -0.05) is 57.2 Å². The van der Waals surface area contributed by atoms with Gasteiger partial charge in [0.15, 0.2) is 5.82 Å². The molecule has 0 saturated carbocycles. The third-order valence-electron chi connectivity index (χ3n) is 11.9. The number of para-hydroxylation sites is 1. The molecule has 3 amide bonds. The number of likely N-dealkylation sites (tertiary alicyclic amines) is 2. The van der Waals surface area contributed by atoms with Gasteiger partial charge in [0.25, 0.3) is 0 Å². The standard InChI is InChI=1S/C46H58N10O5S/c1-29-41(62-28-49-29)32-14-12-30(13-15-32)23-48-44(60)38-21-34(57)27-56(38)45(61)42(46(2,3)4)51-40(59)11-7-8-18-54-19-16-31(17-20-54)25-55-26-33(24-50-55)36-22-37(52-53-43(36)47)35-9-5-6-10-39(35)58/h5-6,9-10,12-15,22,24,26,28,31,34,38,42,57-58H,7-8,11,16-21,23,25,27H2,1-4H3,(H2,47,53)(H,48,60)(H,51,59)/t34-,38+,42-/m1/s1. The number of piperidine rings is 1. The van der Waals surface area contributed by atoms with Gasteiger partial charge in [-0.25, -0.2) is 4.98 Å². The van der Waals surface area contributed by atoms with Crippen LogP contribution in [0.5, 0.6) is 5.75 Å². The van der Waals surface area contributed by atoms with Crippen LogP contribution < -0.4 is 16.4 Å². The van der Waals surface area contributed by atoms with Crippen molar-refractivity contribution in [1.82, 2.24) is 45.4 Å². The Morgan fingerprint density at radius 2 is 1.76 bits per heavy atom. The first kappa shape index (κ1) is 44.3. The fourth-order valence-corrected chi connectivity index (χ4v) is 9.16. The van der Waals surface area contributed by atoms with E-state index in [4.69, 9.17) is 5.73 Å². The van der Waals surface area contributed by atoms with Crippen molar-refractivity contribution >= 4 is 34.9 Å². The van der Waals surface area contributed by atoms with Crippen LogP contribution in [0.15, 0.2) is 72.5 Å². The third-order valence-corrected chi connectivity index (χ3v) is 12.9. The summed E-state index contributed by atoms with van der Waals surface area (Å²) in [5.41, 5.74) is 13.0. The Kier molecular flexibility index (Phi) is 14.0. The van der Waals surface area contributed by atoms with E-state index < -0.39 is 23.6 Å². The summed E-state index contributed by atoms with van der Waals surface area (Å²) in [4.78, 5) is 50.1. The number of carbonyl (C=O) groups excluding carboxylic acids is 3. The number of anilines is 1. The number of aryl methyl sites for hydroxylation is 1. The molecular weight excluding hydrogens is 805 g/mol. The molecule has 5 aromatic rings. The van der Waals surface area contributed by atoms with Crippen LogP contribution >= 0.6 is 11.3 Å². The van der Waals surface area contributed by atoms with E-state index in [2.05, 4.69) is 35.8 Å². The zero-order chi connectivity index (χ0) is 44.0. The number of amides is 3. The zero-order valence-electron chi connectivity index (χ0n) is 36.0. The van der Waals surface area contributed by atoms with Crippen molar-refractivity contribution in [3.8, 4) is 38.6 Å². The lowest BCUT2D eigenvalue weighted by Crippen LogP contribution is -2.57. The lowest BCUT2D eigenvalue weighted by atomic mass is 9.85. The number of thiazole rings is 1. The van der Waals surface area contributed by atoms with Gasteiger partial charge in [-0.3, -0.25) is 19.1 Å². The molecule has 0 radical (unpaired) electrons. The maximum absolute atomic E-state index is 14.1. The van der Waals surface area contributed by atoms with Gasteiger partial charge < -0.3 is 36.4 Å². The summed E-state index contributed by atoms with van der Waals surface area (Å²) < 4.78 is 1.96. The van der Waals surface area contributed by atoms with Gasteiger partial charge in [0.1, 0.15) is 17.8 Å². The molecule has 328 valence electrons. The molecule has 2 aliphatic rings. The summed E-state index contributed by atoms with van der Waals surface area (Å²) in [6.45, 7) is 11.6. The average Bonchev–Trinajstić information content (AvgIpc) is 4.01. The molecule has 2 aromatic carbocycles. The second-order valence-electron chi connectivity index (χ2n) is 17.7. The van der Waals surface area contributed by atoms with Crippen LogP contribution in [-0.4, -0.2) is 107 Å². The van der Waals surface area contributed by atoms with E-state index in [1.807, 2.05) is 80.5 Å². The molecule has 2 aliphatic heterocycles. The molecule has 3 atom stereocenters. The Bertz CT molecular complexity index is 2330. The van der Waals surface area contributed by atoms with Crippen LogP contribution in [0.4, 0.5) is 5.82 Å². The lowest BCUT2D eigenvalue weighted by molar-refractivity contribution is -0.144. The largest absolute Gasteiger partial charge is 0.507 e. The minimum absolute atomic E-state index is 0.0309. The van der Waals surface area contributed by atoms with Crippen molar-refractivity contribution in [1.29, 1.82) is 0 Å². The van der Waals surface area contributed by atoms with Crippen LogP contribution in [-0.2, 0) is 27.5 Å². The molecule has 62 heavy (non-hydrogen) atoms. The predicted molar refractivity (Wildman–Crippen MR) is 239 cm³/mol. The number of benzene rings is 2. The summed E-state index contributed by atoms with van der Waals surface area (Å²) in [6, 6.07) is 15.1. The summed E-state index contributed by atoms with van der Waals surface area (Å²) in [5.74, 6) is -0.00221. The molecule has 0 bridgehead atoms. The Morgan fingerprint density at radius 3 is 2.47 bits per heavy atom. The highest BCUT2D eigenvalue weighted by Crippen LogP contribution is 2.33. The summed E-state index contributed by atoms with van der Waals surface area (Å²) >= 11 is 1.58. The number of unbranched alkanes of at least 4 members (excludes halogenated alkanes) is 1.